The molecule has 4 aromatic rings. The first-order valence-electron chi connectivity index (χ1n) is 12.4. The average Bonchev–Trinajstić information content (AvgIpc) is 3.53. The van der Waals surface area contributed by atoms with Crippen LogP contribution in [0.2, 0.25) is 0 Å². The maximum Gasteiger partial charge on any atom is 0.233 e. The van der Waals surface area contributed by atoms with E-state index in [1.54, 1.807) is 4.68 Å². The van der Waals surface area contributed by atoms with Crippen LogP contribution in [0.5, 0.6) is 0 Å². The molecule has 1 aromatic carbocycles. The Morgan fingerprint density at radius 3 is 2.57 bits per heavy atom. The molecule has 0 saturated carbocycles. The number of amides is 1. The lowest BCUT2D eigenvalue weighted by atomic mass is 9.96. The van der Waals surface area contributed by atoms with Gasteiger partial charge in [-0.05, 0) is 18.6 Å². The molecular weight excluding hydrogens is 466 g/mol. The summed E-state index contributed by atoms with van der Waals surface area (Å²) in [4.78, 5) is 29.3. The topological polar surface area (TPSA) is 106 Å². The summed E-state index contributed by atoms with van der Waals surface area (Å²) < 4.78 is 3.71. The van der Waals surface area contributed by atoms with Crippen LogP contribution in [0, 0.1) is 5.41 Å². The summed E-state index contributed by atoms with van der Waals surface area (Å²) in [5, 5.41) is 11.0. The lowest BCUT2D eigenvalue weighted by molar-refractivity contribution is -0.123. The van der Waals surface area contributed by atoms with Crippen LogP contribution in [-0.2, 0) is 17.9 Å². The van der Waals surface area contributed by atoms with Gasteiger partial charge in [-0.3, -0.25) is 9.36 Å². The normalized spacial score (nSPS) is 13.4. The van der Waals surface area contributed by atoms with Gasteiger partial charge < -0.3 is 15.5 Å². The van der Waals surface area contributed by atoms with Crippen LogP contribution in [0.4, 0.5) is 17.6 Å². The first-order chi connectivity index (χ1) is 17.8. The monoisotopic (exact) mass is 497 g/mol. The predicted octanol–water partition coefficient (Wildman–Crippen LogP) is 4.52. The number of aromatic nitrogens is 6. The molecule has 10 nitrogen and oxygen atoms in total. The number of carbonyl (C=O) groups excluding carboxylic acids is 1. The lowest BCUT2D eigenvalue weighted by Gasteiger charge is -2.17. The van der Waals surface area contributed by atoms with Crippen LogP contribution >= 0.6 is 0 Å². The Labute approximate surface area is 215 Å². The Balaban J connectivity index is 1.56. The Morgan fingerprint density at radius 1 is 1.05 bits per heavy atom. The van der Waals surface area contributed by atoms with Gasteiger partial charge in [0.05, 0.1) is 0 Å². The summed E-state index contributed by atoms with van der Waals surface area (Å²) in [6.07, 6.45) is 9.94. The highest BCUT2D eigenvalue weighted by Crippen LogP contribution is 2.27. The molecule has 0 saturated heterocycles. The highest BCUT2D eigenvalue weighted by molar-refractivity contribution is 6.00. The van der Waals surface area contributed by atoms with Crippen molar-refractivity contribution in [3.05, 3.63) is 72.6 Å². The number of hydrogen-bond donors (Lipinski definition) is 2. The minimum absolute atomic E-state index is 0.152. The van der Waals surface area contributed by atoms with Gasteiger partial charge in [0.15, 0.2) is 22.8 Å². The molecule has 0 spiro atoms. The van der Waals surface area contributed by atoms with E-state index >= 15 is 0 Å². The quantitative estimate of drug-likeness (QED) is 0.387. The van der Waals surface area contributed by atoms with E-state index < -0.39 is 5.41 Å². The Hall–Kier alpha value is -4.47. The van der Waals surface area contributed by atoms with Crippen LogP contribution in [-0.4, -0.2) is 41.8 Å². The van der Waals surface area contributed by atoms with Gasteiger partial charge in [-0.25, -0.2) is 9.67 Å². The van der Waals surface area contributed by atoms with Crippen LogP contribution in [0.1, 0.15) is 33.3 Å². The number of carbonyl (C=O) groups is 1. The van der Waals surface area contributed by atoms with Gasteiger partial charge in [0, 0.05) is 43.5 Å². The number of aryl methyl sites for hydroxylation is 1. The van der Waals surface area contributed by atoms with Gasteiger partial charge in [0.1, 0.15) is 0 Å². The van der Waals surface area contributed by atoms with Crippen molar-refractivity contribution >= 4 is 34.7 Å². The predicted molar refractivity (Wildman–Crippen MR) is 146 cm³/mol. The van der Waals surface area contributed by atoms with Gasteiger partial charge in [0.25, 0.3) is 0 Å². The minimum atomic E-state index is -0.599. The molecule has 0 aliphatic carbocycles. The second-order valence-electron chi connectivity index (χ2n) is 9.81. The Bertz CT molecular complexity index is 1480. The number of hydrogen-bond acceptors (Lipinski definition) is 7. The van der Waals surface area contributed by atoms with Gasteiger partial charge >= 0.3 is 0 Å². The summed E-state index contributed by atoms with van der Waals surface area (Å²) in [7, 11) is 0. The SMILES string of the molecule is CCn1c(-n2ccc(N3C=CC=CC3)n2)nc2c(NC(=O)C(C)(C)C)nc(NCc3ccccc3)nc21. The maximum absolute atomic E-state index is 12.9. The van der Waals surface area contributed by atoms with Gasteiger partial charge in [-0.2, -0.15) is 9.97 Å². The molecule has 37 heavy (non-hydrogen) atoms. The molecule has 3 aromatic heterocycles. The van der Waals surface area contributed by atoms with E-state index in [2.05, 4.69) is 26.6 Å². The van der Waals surface area contributed by atoms with Crippen molar-refractivity contribution in [1.82, 2.24) is 29.3 Å². The molecular formula is C27H31N9O. The number of fused-ring (bicyclic) bond motifs is 1. The molecule has 0 atom stereocenters. The highest BCUT2D eigenvalue weighted by atomic mass is 16.2. The molecule has 0 bridgehead atoms. The first kappa shape index (κ1) is 24.2. The maximum atomic E-state index is 12.9. The van der Waals surface area contributed by atoms with Crippen molar-refractivity contribution in [1.29, 1.82) is 0 Å². The van der Waals surface area contributed by atoms with E-state index in [1.807, 2.05) is 93.2 Å². The van der Waals surface area contributed by atoms with Crippen LogP contribution in [0.3, 0.4) is 0 Å². The third-order valence-electron chi connectivity index (χ3n) is 5.99. The van der Waals surface area contributed by atoms with Crippen LogP contribution in [0.15, 0.2) is 67.0 Å². The number of benzene rings is 1. The Morgan fingerprint density at radius 2 is 1.86 bits per heavy atom. The molecule has 0 fully saturated rings. The zero-order valence-corrected chi connectivity index (χ0v) is 21.5. The van der Waals surface area contributed by atoms with Crippen molar-refractivity contribution in [2.24, 2.45) is 5.41 Å². The van der Waals surface area contributed by atoms with Crippen molar-refractivity contribution in [3.63, 3.8) is 0 Å². The average molecular weight is 498 g/mol. The zero-order chi connectivity index (χ0) is 26.0. The first-order valence-corrected chi connectivity index (χ1v) is 12.4. The molecule has 0 radical (unpaired) electrons. The van der Waals surface area contributed by atoms with Crippen LogP contribution < -0.4 is 15.5 Å². The summed E-state index contributed by atoms with van der Waals surface area (Å²) in [5.74, 6) is 2.04. The molecule has 4 heterocycles. The fraction of sp³-hybridized carbons (Fsp3) is 0.296. The van der Waals surface area contributed by atoms with E-state index in [0.717, 1.165) is 17.9 Å². The number of imidazole rings is 1. The fourth-order valence-electron chi connectivity index (χ4n) is 3.91. The standard InChI is InChI=1S/C27H31N9O/c1-5-35-23-21(29-26(35)36-17-14-20(33-36)34-15-10-7-11-16-34)22(30-24(37)27(2,3)4)31-25(32-23)28-18-19-12-8-6-9-13-19/h6-15,17H,5,16,18H2,1-4H3,(H2,28,30,31,32,37). The number of anilines is 3. The molecule has 190 valence electrons. The lowest BCUT2D eigenvalue weighted by Crippen LogP contribution is -2.28. The number of allylic oxidation sites excluding steroid dienone is 2. The largest absolute Gasteiger partial charge is 0.350 e. The van der Waals surface area contributed by atoms with E-state index in [-0.39, 0.29) is 5.91 Å². The third-order valence-corrected chi connectivity index (χ3v) is 5.99. The van der Waals surface area contributed by atoms with E-state index in [4.69, 9.17) is 15.1 Å². The van der Waals surface area contributed by atoms with Crippen molar-refractivity contribution in [3.8, 4) is 5.95 Å². The summed E-state index contributed by atoms with van der Waals surface area (Å²) in [6.45, 7) is 9.52. The number of nitrogens with zero attached hydrogens (tertiary/aromatic N) is 7. The van der Waals surface area contributed by atoms with E-state index in [9.17, 15) is 4.79 Å². The highest BCUT2D eigenvalue weighted by Gasteiger charge is 2.25. The minimum Gasteiger partial charge on any atom is -0.350 e. The third kappa shape index (κ3) is 5.09. The van der Waals surface area contributed by atoms with Gasteiger partial charge in [0.2, 0.25) is 17.8 Å². The summed E-state index contributed by atoms with van der Waals surface area (Å²) in [5.41, 5.74) is 1.63. The molecule has 2 N–H and O–H groups in total. The van der Waals surface area contributed by atoms with E-state index in [0.29, 0.717) is 42.0 Å². The molecule has 5 rings (SSSR count). The van der Waals surface area contributed by atoms with Crippen molar-refractivity contribution in [2.45, 2.75) is 40.8 Å². The molecule has 1 aliphatic rings. The van der Waals surface area contributed by atoms with Crippen molar-refractivity contribution in [2.75, 3.05) is 22.1 Å². The fourth-order valence-corrected chi connectivity index (χ4v) is 3.91. The molecule has 10 heteroatoms. The zero-order valence-electron chi connectivity index (χ0n) is 21.5. The van der Waals surface area contributed by atoms with E-state index in [1.165, 1.54) is 0 Å². The summed E-state index contributed by atoms with van der Waals surface area (Å²) >= 11 is 0. The smallest absolute Gasteiger partial charge is 0.233 e. The van der Waals surface area contributed by atoms with Gasteiger partial charge in [-0.15, -0.1) is 5.10 Å². The summed E-state index contributed by atoms with van der Waals surface area (Å²) in [6, 6.07) is 12.0. The van der Waals surface area contributed by atoms with Gasteiger partial charge in [-0.1, -0.05) is 63.3 Å². The number of rotatable bonds is 7. The second kappa shape index (κ2) is 9.88. The van der Waals surface area contributed by atoms with Crippen LogP contribution in [0.25, 0.3) is 17.1 Å². The second-order valence-corrected chi connectivity index (χ2v) is 9.81. The number of nitrogens with one attached hydrogen (secondary N) is 2. The molecule has 1 amide bonds. The molecule has 0 unspecified atom stereocenters. The Kier molecular flexibility index (Phi) is 6.47. The molecule has 1 aliphatic heterocycles. The van der Waals surface area contributed by atoms with Crippen molar-refractivity contribution < 1.29 is 4.79 Å².